The van der Waals surface area contributed by atoms with Crippen LogP contribution in [0.1, 0.15) is 25.3 Å². The molecule has 0 spiro atoms. The minimum atomic E-state index is -0.730. The minimum Gasteiger partial charge on any atom is -0.329 e. The molecule has 0 aliphatic carbocycles. The zero-order valence-electron chi connectivity index (χ0n) is 11.6. The zero-order valence-corrected chi connectivity index (χ0v) is 11.6. The first-order valence-electron chi connectivity index (χ1n) is 6.90. The van der Waals surface area contributed by atoms with Gasteiger partial charge in [-0.25, -0.2) is 0 Å². The van der Waals surface area contributed by atoms with Crippen molar-refractivity contribution in [1.29, 1.82) is 0 Å². The molecule has 1 aliphatic heterocycles. The van der Waals surface area contributed by atoms with E-state index >= 15 is 0 Å². The summed E-state index contributed by atoms with van der Waals surface area (Å²) in [7, 11) is 0. The van der Waals surface area contributed by atoms with Gasteiger partial charge in [0, 0.05) is 30.8 Å². The standard InChI is InChI=1S/C14H20FN3O2/c1-10-4-3-7-17(13(10)8-16)9-11-5-2-6-12(14(11)15)18(19)20/h2,5-6,10,13H,3-4,7-9,16H2,1H3. The van der Waals surface area contributed by atoms with Crippen LogP contribution in [0.25, 0.3) is 0 Å². The summed E-state index contributed by atoms with van der Waals surface area (Å²) in [6.07, 6.45) is 2.17. The SMILES string of the molecule is CC1CCCN(Cc2cccc([N+](=O)[O-])c2F)C1CN. The molecule has 0 amide bonds. The predicted molar refractivity (Wildman–Crippen MR) is 74.7 cm³/mol. The van der Waals surface area contributed by atoms with E-state index in [0.717, 1.165) is 19.4 Å². The monoisotopic (exact) mass is 281 g/mol. The number of benzene rings is 1. The third-order valence-corrected chi connectivity index (χ3v) is 4.10. The summed E-state index contributed by atoms with van der Waals surface area (Å²) in [6.45, 7) is 3.90. The number of nitro benzene ring substituents is 1. The Bertz CT molecular complexity index is 495. The molecule has 6 heteroatoms. The fourth-order valence-electron chi connectivity index (χ4n) is 2.96. The van der Waals surface area contributed by atoms with E-state index in [1.165, 1.54) is 12.1 Å². The molecule has 0 bridgehead atoms. The summed E-state index contributed by atoms with van der Waals surface area (Å²) in [6, 6.07) is 4.54. The van der Waals surface area contributed by atoms with Crippen LogP contribution in [-0.2, 0) is 6.54 Å². The number of nitrogens with zero attached hydrogens (tertiary/aromatic N) is 2. The highest BCUT2D eigenvalue weighted by Gasteiger charge is 2.28. The van der Waals surface area contributed by atoms with Crippen molar-refractivity contribution in [1.82, 2.24) is 4.90 Å². The Morgan fingerprint density at radius 2 is 2.30 bits per heavy atom. The largest absolute Gasteiger partial charge is 0.329 e. The zero-order chi connectivity index (χ0) is 14.7. The van der Waals surface area contributed by atoms with Crippen molar-refractivity contribution >= 4 is 5.69 Å². The van der Waals surface area contributed by atoms with Gasteiger partial charge in [-0.05, 0) is 25.3 Å². The van der Waals surface area contributed by atoms with Crippen LogP contribution in [0.2, 0.25) is 0 Å². The molecule has 2 N–H and O–H groups in total. The summed E-state index contributed by atoms with van der Waals surface area (Å²) in [5, 5.41) is 10.8. The molecule has 0 aromatic heterocycles. The first-order valence-corrected chi connectivity index (χ1v) is 6.90. The molecule has 20 heavy (non-hydrogen) atoms. The van der Waals surface area contributed by atoms with Crippen molar-refractivity contribution in [3.05, 3.63) is 39.7 Å². The molecule has 2 rings (SSSR count). The second-order valence-electron chi connectivity index (χ2n) is 5.40. The predicted octanol–water partition coefficient (Wildman–Crippen LogP) is 2.29. The van der Waals surface area contributed by atoms with Crippen LogP contribution >= 0.6 is 0 Å². The normalized spacial score (nSPS) is 23.8. The van der Waals surface area contributed by atoms with E-state index in [9.17, 15) is 14.5 Å². The smallest absolute Gasteiger partial charge is 0.305 e. The fourth-order valence-corrected chi connectivity index (χ4v) is 2.96. The third kappa shape index (κ3) is 2.96. The Labute approximate surface area is 117 Å². The number of rotatable bonds is 4. The van der Waals surface area contributed by atoms with E-state index in [1.54, 1.807) is 6.07 Å². The van der Waals surface area contributed by atoms with E-state index < -0.39 is 16.4 Å². The summed E-state index contributed by atoms with van der Waals surface area (Å²) < 4.78 is 14.1. The number of hydrogen-bond donors (Lipinski definition) is 1. The highest BCUT2D eigenvalue weighted by Crippen LogP contribution is 2.27. The molecule has 1 saturated heterocycles. The molecule has 1 fully saturated rings. The van der Waals surface area contributed by atoms with Crippen LogP contribution in [-0.4, -0.2) is 29.0 Å². The van der Waals surface area contributed by atoms with Gasteiger partial charge < -0.3 is 5.73 Å². The highest BCUT2D eigenvalue weighted by molar-refractivity contribution is 5.36. The van der Waals surface area contributed by atoms with Crippen molar-refractivity contribution in [2.75, 3.05) is 13.1 Å². The highest BCUT2D eigenvalue weighted by atomic mass is 19.1. The van der Waals surface area contributed by atoms with Gasteiger partial charge >= 0.3 is 5.69 Å². The lowest BCUT2D eigenvalue weighted by atomic mass is 9.90. The first kappa shape index (κ1) is 14.9. The average Bonchev–Trinajstić information content (AvgIpc) is 2.41. The van der Waals surface area contributed by atoms with Gasteiger partial charge in [0.05, 0.1) is 4.92 Å². The Morgan fingerprint density at radius 3 is 2.95 bits per heavy atom. The van der Waals surface area contributed by atoms with E-state index in [-0.39, 0.29) is 6.04 Å². The lowest BCUT2D eigenvalue weighted by molar-refractivity contribution is -0.387. The van der Waals surface area contributed by atoms with E-state index in [2.05, 4.69) is 11.8 Å². The van der Waals surface area contributed by atoms with Gasteiger partial charge in [0.2, 0.25) is 5.82 Å². The fraction of sp³-hybridized carbons (Fsp3) is 0.571. The molecule has 2 atom stereocenters. The van der Waals surface area contributed by atoms with E-state index in [1.807, 2.05) is 0 Å². The summed E-state index contributed by atoms with van der Waals surface area (Å²) >= 11 is 0. The first-order chi connectivity index (χ1) is 9.54. The van der Waals surface area contributed by atoms with E-state index in [0.29, 0.717) is 24.6 Å². The van der Waals surface area contributed by atoms with Crippen LogP contribution in [0.15, 0.2) is 18.2 Å². The van der Waals surface area contributed by atoms with Crippen molar-refractivity contribution in [3.63, 3.8) is 0 Å². The Hall–Kier alpha value is -1.53. The van der Waals surface area contributed by atoms with Crippen molar-refractivity contribution in [2.45, 2.75) is 32.4 Å². The van der Waals surface area contributed by atoms with Crippen LogP contribution < -0.4 is 5.73 Å². The number of piperidine rings is 1. The lowest BCUT2D eigenvalue weighted by Crippen LogP contribution is -2.48. The van der Waals surface area contributed by atoms with Gasteiger partial charge in [0.15, 0.2) is 0 Å². The molecule has 1 aliphatic rings. The Kier molecular flexibility index (Phi) is 4.67. The molecule has 1 aromatic carbocycles. The third-order valence-electron chi connectivity index (χ3n) is 4.10. The summed E-state index contributed by atoms with van der Waals surface area (Å²) in [5.41, 5.74) is 5.72. The minimum absolute atomic E-state index is 0.211. The molecule has 110 valence electrons. The number of nitrogens with two attached hydrogens (primary N) is 1. The second kappa shape index (κ2) is 6.28. The van der Waals surface area contributed by atoms with Gasteiger partial charge in [-0.1, -0.05) is 19.1 Å². The quantitative estimate of drug-likeness (QED) is 0.679. The van der Waals surface area contributed by atoms with Crippen LogP contribution in [0, 0.1) is 21.8 Å². The summed E-state index contributed by atoms with van der Waals surface area (Å²) in [5.74, 6) is -0.262. The Morgan fingerprint density at radius 1 is 1.55 bits per heavy atom. The van der Waals surface area contributed by atoms with Crippen molar-refractivity contribution in [3.8, 4) is 0 Å². The molecule has 1 aromatic rings. The van der Waals surface area contributed by atoms with Crippen LogP contribution in [0.3, 0.4) is 0 Å². The summed E-state index contributed by atoms with van der Waals surface area (Å²) in [4.78, 5) is 12.2. The van der Waals surface area contributed by atoms with Gasteiger partial charge in [0.1, 0.15) is 0 Å². The van der Waals surface area contributed by atoms with E-state index in [4.69, 9.17) is 5.73 Å². The molecule has 2 unspecified atom stereocenters. The molecule has 1 heterocycles. The number of likely N-dealkylation sites (tertiary alicyclic amines) is 1. The maximum atomic E-state index is 14.1. The van der Waals surface area contributed by atoms with Crippen LogP contribution in [0.5, 0.6) is 0 Å². The van der Waals surface area contributed by atoms with Crippen LogP contribution in [0.4, 0.5) is 10.1 Å². The maximum absolute atomic E-state index is 14.1. The molecule has 0 saturated carbocycles. The van der Waals surface area contributed by atoms with Gasteiger partial charge in [-0.2, -0.15) is 4.39 Å². The number of hydrogen-bond acceptors (Lipinski definition) is 4. The van der Waals surface area contributed by atoms with Gasteiger partial charge in [-0.15, -0.1) is 0 Å². The van der Waals surface area contributed by atoms with Gasteiger partial charge in [-0.3, -0.25) is 15.0 Å². The number of nitro groups is 1. The maximum Gasteiger partial charge on any atom is 0.305 e. The van der Waals surface area contributed by atoms with Crippen molar-refractivity contribution < 1.29 is 9.31 Å². The molecule has 5 nitrogen and oxygen atoms in total. The topological polar surface area (TPSA) is 72.4 Å². The molecular formula is C14H20FN3O2. The van der Waals surface area contributed by atoms with Gasteiger partial charge in [0.25, 0.3) is 0 Å². The Balaban J connectivity index is 2.21. The molecule has 0 radical (unpaired) electrons. The van der Waals surface area contributed by atoms with Crippen molar-refractivity contribution in [2.24, 2.45) is 11.7 Å². The average molecular weight is 281 g/mol. The number of halogens is 1. The lowest BCUT2D eigenvalue weighted by Gasteiger charge is -2.39. The second-order valence-corrected chi connectivity index (χ2v) is 5.40. The molecular weight excluding hydrogens is 261 g/mol.